The van der Waals surface area contributed by atoms with Gasteiger partial charge in [-0.2, -0.15) is 0 Å². The summed E-state index contributed by atoms with van der Waals surface area (Å²) >= 11 is 0. The molecule has 0 amide bonds. The van der Waals surface area contributed by atoms with Crippen molar-refractivity contribution in [2.45, 2.75) is 32.1 Å². The SMILES string of the molecule is C=C1CC2CC(=Cc3ccccc3)CC(C1)C2. The maximum absolute atomic E-state index is 4.19. The van der Waals surface area contributed by atoms with Crippen molar-refractivity contribution in [1.82, 2.24) is 0 Å². The minimum atomic E-state index is 0.880. The molecular formula is C17H20. The summed E-state index contributed by atoms with van der Waals surface area (Å²) < 4.78 is 0. The van der Waals surface area contributed by atoms with Gasteiger partial charge >= 0.3 is 0 Å². The van der Waals surface area contributed by atoms with E-state index in [1.807, 2.05) is 0 Å². The number of hydrogen-bond donors (Lipinski definition) is 0. The summed E-state index contributed by atoms with van der Waals surface area (Å²) in [6.45, 7) is 4.19. The van der Waals surface area contributed by atoms with E-state index in [1.165, 1.54) is 43.2 Å². The van der Waals surface area contributed by atoms with Gasteiger partial charge in [0.1, 0.15) is 0 Å². The number of hydrogen-bond acceptors (Lipinski definition) is 0. The molecule has 0 heteroatoms. The number of rotatable bonds is 1. The van der Waals surface area contributed by atoms with E-state index < -0.39 is 0 Å². The first-order chi connectivity index (χ1) is 8.29. The molecule has 2 fully saturated rings. The molecule has 0 radical (unpaired) electrons. The zero-order valence-electron chi connectivity index (χ0n) is 10.4. The summed E-state index contributed by atoms with van der Waals surface area (Å²) in [5.74, 6) is 1.76. The average molecular weight is 224 g/mol. The van der Waals surface area contributed by atoms with Crippen LogP contribution in [0.25, 0.3) is 6.08 Å². The van der Waals surface area contributed by atoms with Crippen LogP contribution >= 0.6 is 0 Å². The van der Waals surface area contributed by atoms with E-state index in [9.17, 15) is 0 Å². The summed E-state index contributed by atoms with van der Waals surface area (Å²) in [6.07, 6.45) is 8.97. The molecule has 2 aliphatic rings. The van der Waals surface area contributed by atoms with Gasteiger partial charge in [-0.05, 0) is 49.5 Å². The molecule has 0 heterocycles. The van der Waals surface area contributed by atoms with Crippen molar-refractivity contribution in [3.05, 3.63) is 53.6 Å². The molecule has 2 aliphatic carbocycles. The molecule has 1 aromatic carbocycles. The van der Waals surface area contributed by atoms with Crippen molar-refractivity contribution >= 4 is 6.08 Å². The van der Waals surface area contributed by atoms with Crippen LogP contribution in [0.5, 0.6) is 0 Å². The molecule has 2 unspecified atom stereocenters. The van der Waals surface area contributed by atoms with Gasteiger partial charge in [-0.15, -0.1) is 0 Å². The zero-order valence-corrected chi connectivity index (χ0v) is 10.4. The minimum absolute atomic E-state index is 0.880. The van der Waals surface area contributed by atoms with Crippen LogP contribution in [0.4, 0.5) is 0 Å². The number of fused-ring (bicyclic) bond motifs is 2. The van der Waals surface area contributed by atoms with Gasteiger partial charge < -0.3 is 0 Å². The first-order valence-electron chi connectivity index (χ1n) is 6.71. The molecule has 0 nitrogen and oxygen atoms in total. The third-order valence-electron chi connectivity index (χ3n) is 4.09. The fourth-order valence-electron chi connectivity index (χ4n) is 3.58. The fraction of sp³-hybridized carbons (Fsp3) is 0.412. The smallest absolute Gasteiger partial charge is 0.0257 e. The lowest BCUT2D eigenvalue weighted by Gasteiger charge is -2.37. The Labute approximate surface area is 104 Å². The van der Waals surface area contributed by atoms with E-state index in [-0.39, 0.29) is 0 Å². The van der Waals surface area contributed by atoms with Crippen LogP contribution in [-0.4, -0.2) is 0 Å². The van der Waals surface area contributed by atoms with E-state index in [0.717, 1.165) is 11.8 Å². The van der Waals surface area contributed by atoms with E-state index >= 15 is 0 Å². The molecule has 2 bridgehead atoms. The predicted molar refractivity (Wildman–Crippen MR) is 73.6 cm³/mol. The second kappa shape index (κ2) is 4.52. The van der Waals surface area contributed by atoms with Crippen LogP contribution in [0.1, 0.15) is 37.7 Å². The summed E-state index contributed by atoms with van der Waals surface area (Å²) in [5, 5.41) is 0. The molecule has 88 valence electrons. The highest BCUT2D eigenvalue weighted by Gasteiger charge is 2.29. The van der Waals surface area contributed by atoms with Crippen molar-refractivity contribution in [1.29, 1.82) is 0 Å². The topological polar surface area (TPSA) is 0 Å². The van der Waals surface area contributed by atoms with E-state index in [0.29, 0.717) is 0 Å². The average Bonchev–Trinajstić information content (AvgIpc) is 2.28. The summed E-state index contributed by atoms with van der Waals surface area (Å²) in [4.78, 5) is 0. The van der Waals surface area contributed by atoms with Crippen LogP contribution in [0.15, 0.2) is 48.1 Å². The van der Waals surface area contributed by atoms with Crippen LogP contribution in [0.3, 0.4) is 0 Å². The van der Waals surface area contributed by atoms with Gasteiger partial charge in [0.05, 0.1) is 0 Å². The Kier molecular flexibility index (Phi) is 2.88. The van der Waals surface area contributed by atoms with Crippen LogP contribution < -0.4 is 0 Å². The Balaban J connectivity index is 1.78. The van der Waals surface area contributed by atoms with Crippen molar-refractivity contribution in [3.8, 4) is 0 Å². The molecule has 1 aromatic rings. The third kappa shape index (κ3) is 2.52. The lowest BCUT2D eigenvalue weighted by atomic mass is 9.69. The maximum Gasteiger partial charge on any atom is -0.0257 e. The third-order valence-corrected chi connectivity index (χ3v) is 4.09. The van der Waals surface area contributed by atoms with Gasteiger partial charge in [-0.3, -0.25) is 0 Å². The molecule has 0 spiro atoms. The van der Waals surface area contributed by atoms with Gasteiger partial charge in [0.15, 0.2) is 0 Å². The normalized spacial score (nSPS) is 28.0. The van der Waals surface area contributed by atoms with Crippen molar-refractivity contribution in [2.24, 2.45) is 11.8 Å². The molecule has 2 atom stereocenters. The van der Waals surface area contributed by atoms with E-state index in [2.05, 4.69) is 43.0 Å². The largest absolute Gasteiger partial charge is 0.0998 e. The Bertz CT molecular complexity index is 420. The number of benzene rings is 1. The Morgan fingerprint density at radius 1 is 0.941 bits per heavy atom. The molecule has 0 saturated heterocycles. The van der Waals surface area contributed by atoms with Crippen LogP contribution in [0, 0.1) is 11.8 Å². The molecule has 0 aliphatic heterocycles. The van der Waals surface area contributed by atoms with Gasteiger partial charge in [0, 0.05) is 0 Å². The quantitative estimate of drug-likeness (QED) is 0.599. The van der Waals surface area contributed by atoms with Crippen molar-refractivity contribution < 1.29 is 0 Å². The Morgan fingerprint density at radius 3 is 2.24 bits per heavy atom. The van der Waals surface area contributed by atoms with Gasteiger partial charge in [-0.1, -0.05) is 54.1 Å². The Morgan fingerprint density at radius 2 is 1.59 bits per heavy atom. The summed E-state index contributed by atoms with van der Waals surface area (Å²) in [6, 6.07) is 10.7. The molecular weight excluding hydrogens is 204 g/mol. The maximum atomic E-state index is 4.19. The first-order valence-corrected chi connectivity index (χ1v) is 6.71. The summed E-state index contributed by atoms with van der Waals surface area (Å²) in [5.41, 5.74) is 4.51. The van der Waals surface area contributed by atoms with E-state index in [4.69, 9.17) is 0 Å². The molecule has 2 saturated carbocycles. The predicted octanol–water partition coefficient (Wildman–Crippen LogP) is 4.84. The minimum Gasteiger partial charge on any atom is -0.0998 e. The van der Waals surface area contributed by atoms with Gasteiger partial charge in [0.25, 0.3) is 0 Å². The second-order valence-electron chi connectivity index (χ2n) is 5.75. The lowest BCUT2D eigenvalue weighted by Crippen LogP contribution is -2.23. The van der Waals surface area contributed by atoms with Crippen LogP contribution in [0.2, 0.25) is 0 Å². The second-order valence-corrected chi connectivity index (χ2v) is 5.75. The van der Waals surface area contributed by atoms with Gasteiger partial charge in [-0.25, -0.2) is 0 Å². The Hall–Kier alpha value is -1.30. The zero-order chi connectivity index (χ0) is 11.7. The lowest BCUT2D eigenvalue weighted by molar-refractivity contribution is 0.275. The highest BCUT2D eigenvalue weighted by Crippen LogP contribution is 2.44. The highest BCUT2D eigenvalue weighted by atomic mass is 14.3. The monoisotopic (exact) mass is 224 g/mol. The molecule has 17 heavy (non-hydrogen) atoms. The van der Waals surface area contributed by atoms with Crippen molar-refractivity contribution in [2.75, 3.05) is 0 Å². The van der Waals surface area contributed by atoms with Crippen molar-refractivity contribution in [3.63, 3.8) is 0 Å². The standard InChI is InChI=1S/C17H20/c1-13-7-15-10-16(8-13)12-17(11-15)9-14-5-3-2-4-6-14/h2-6,9,15-16H,1,7-8,10-12H2. The molecule has 0 N–H and O–H groups in total. The molecule has 3 rings (SSSR count). The fourth-order valence-corrected chi connectivity index (χ4v) is 3.58. The first kappa shape index (κ1) is 10.8. The highest BCUT2D eigenvalue weighted by molar-refractivity contribution is 5.53. The molecule has 0 aromatic heterocycles. The number of allylic oxidation sites excluding steroid dienone is 2. The van der Waals surface area contributed by atoms with Crippen LogP contribution in [-0.2, 0) is 0 Å². The summed E-state index contributed by atoms with van der Waals surface area (Å²) in [7, 11) is 0. The van der Waals surface area contributed by atoms with E-state index in [1.54, 1.807) is 5.57 Å². The van der Waals surface area contributed by atoms with Gasteiger partial charge in [0.2, 0.25) is 0 Å².